The molecule has 0 aromatic heterocycles. The maximum Gasteiger partial charge on any atom is 0.257 e. The minimum Gasteiger partial charge on any atom is -0.382 e. The Hall–Kier alpha value is -2.86. The predicted molar refractivity (Wildman–Crippen MR) is 126 cm³/mol. The van der Waals surface area contributed by atoms with E-state index in [1.165, 1.54) is 6.07 Å². The maximum absolute atomic E-state index is 14.2. The molecule has 6 heteroatoms. The van der Waals surface area contributed by atoms with Crippen LogP contribution in [0.15, 0.2) is 48.7 Å². The second-order valence-corrected chi connectivity index (χ2v) is 9.83. The third kappa shape index (κ3) is 4.17. The summed E-state index contributed by atoms with van der Waals surface area (Å²) in [5.41, 5.74) is 3.26. The molecule has 2 heterocycles. The standard InChI is InChI=1S/C25H31FN4O/c1-24(2)13-18(14-25(3,4)30(24)5)28-17-11-9-16(10-12-17)27-15-19-22-20(26)7-6-8-21(22)29-23(19)31/h6-12,15,18,27-28H,13-14H2,1-5H3,(H,29,31). The van der Waals surface area contributed by atoms with E-state index in [9.17, 15) is 9.18 Å². The first-order valence-electron chi connectivity index (χ1n) is 10.7. The molecule has 0 atom stereocenters. The molecule has 31 heavy (non-hydrogen) atoms. The van der Waals surface area contributed by atoms with E-state index < -0.39 is 5.82 Å². The highest BCUT2D eigenvalue weighted by Gasteiger charge is 2.42. The van der Waals surface area contributed by atoms with Crippen LogP contribution in [0.5, 0.6) is 0 Å². The van der Waals surface area contributed by atoms with Crippen LogP contribution in [-0.2, 0) is 4.79 Å². The second-order valence-electron chi connectivity index (χ2n) is 9.83. The molecular weight excluding hydrogens is 391 g/mol. The van der Waals surface area contributed by atoms with Crippen molar-refractivity contribution in [2.75, 3.05) is 23.0 Å². The van der Waals surface area contributed by atoms with Crippen molar-refractivity contribution in [3.8, 4) is 0 Å². The van der Waals surface area contributed by atoms with Gasteiger partial charge in [0.25, 0.3) is 5.91 Å². The van der Waals surface area contributed by atoms with Crippen molar-refractivity contribution in [3.05, 3.63) is 60.0 Å². The van der Waals surface area contributed by atoms with Gasteiger partial charge in [0.2, 0.25) is 0 Å². The second kappa shape index (κ2) is 7.68. The van der Waals surface area contributed by atoms with Gasteiger partial charge in [-0.15, -0.1) is 0 Å². The van der Waals surface area contributed by atoms with E-state index >= 15 is 0 Å². The summed E-state index contributed by atoms with van der Waals surface area (Å²) in [6, 6.07) is 13.0. The highest BCUT2D eigenvalue weighted by atomic mass is 19.1. The molecule has 0 aliphatic carbocycles. The van der Waals surface area contributed by atoms with Gasteiger partial charge in [0.05, 0.1) is 11.3 Å². The van der Waals surface area contributed by atoms with Crippen molar-refractivity contribution in [1.29, 1.82) is 0 Å². The molecule has 2 aliphatic heterocycles. The SMILES string of the molecule is CN1C(C)(C)CC(Nc2ccc(NC=C3C(=O)Nc4cccc(F)c43)cc2)CC1(C)C. The number of likely N-dealkylation sites (tertiary alicyclic amines) is 1. The molecule has 5 nitrogen and oxygen atoms in total. The summed E-state index contributed by atoms with van der Waals surface area (Å²) in [5.74, 6) is -0.717. The van der Waals surface area contributed by atoms with Crippen LogP contribution in [0.4, 0.5) is 21.5 Å². The van der Waals surface area contributed by atoms with Crippen LogP contribution < -0.4 is 16.0 Å². The van der Waals surface area contributed by atoms with E-state index in [1.54, 1.807) is 18.3 Å². The van der Waals surface area contributed by atoms with Crippen molar-refractivity contribution in [2.24, 2.45) is 0 Å². The Kier molecular flexibility index (Phi) is 5.30. The summed E-state index contributed by atoms with van der Waals surface area (Å²) in [6.07, 6.45) is 3.70. The van der Waals surface area contributed by atoms with Crippen LogP contribution >= 0.6 is 0 Å². The molecule has 1 amide bonds. The topological polar surface area (TPSA) is 56.4 Å². The van der Waals surface area contributed by atoms with E-state index in [0.29, 0.717) is 22.9 Å². The zero-order valence-electron chi connectivity index (χ0n) is 18.8. The molecule has 0 spiro atoms. The zero-order chi connectivity index (χ0) is 22.4. The first-order valence-corrected chi connectivity index (χ1v) is 10.7. The summed E-state index contributed by atoms with van der Waals surface area (Å²) in [6.45, 7) is 9.18. The molecular formula is C25H31FN4O. The fourth-order valence-electron chi connectivity index (χ4n) is 4.87. The Bertz CT molecular complexity index is 1010. The van der Waals surface area contributed by atoms with Gasteiger partial charge in [-0.25, -0.2) is 4.39 Å². The van der Waals surface area contributed by atoms with Crippen LogP contribution in [0.1, 0.15) is 46.1 Å². The summed E-state index contributed by atoms with van der Waals surface area (Å²) in [7, 11) is 2.21. The van der Waals surface area contributed by atoms with Crippen LogP contribution in [0, 0.1) is 5.82 Å². The Labute approximate surface area is 183 Å². The zero-order valence-corrected chi connectivity index (χ0v) is 18.8. The first kappa shape index (κ1) is 21.4. The minimum atomic E-state index is -0.410. The van der Waals surface area contributed by atoms with Crippen molar-refractivity contribution in [3.63, 3.8) is 0 Å². The number of carbonyl (C=O) groups is 1. The quantitative estimate of drug-likeness (QED) is 0.586. The average Bonchev–Trinajstić information content (AvgIpc) is 3.01. The van der Waals surface area contributed by atoms with Gasteiger partial charge in [0.1, 0.15) is 5.82 Å². The minimum absolute atomic E-state index is 0.126. The lowest BCUT2D eigenvalue weighted by Crippen LogP contribution is -2.61. The molecule has 0 bridgehead atoms. The van der Waals surface area contributed by atoms with E-state index in [-0.39, 0.29) is 17.0 Å². The highest BCUT2D eigenvalue weighted by molar-refractivity contribution is 6.31. The molecule has 164 valence electrons. The third-order valence-electron chi connectivity index (χ3n) is 6.72. The molecule has 0 radical (unpaired) electrons. The molecule has 0 saturated carbocycles. The number of anilines is 3. The van der Waals surface area contributed by atoms with E-state index in [1.807, 2.05) is 24.3 Å². The van der Waals surface area contributed by atoms with E-state index in [4.69, 9.17) is 0 Å². The molecule has 1 fully saturated rings. The van der Waals surface area contributed by atoms with Gasteiger partial charge in [0.15, 0.2) is 0 Å². The molecule has 2 aliphatic rings. The molecule has 1 saturated heterocycles. The lowest BCUT2D eigenvalue weighted by atomic mass is 9.77. The van der Waals surface area contributed by atoms with Gasteiger partial charge >= 0.3 is 0 Å². The smallest absolute Gasteiger partial charge is 0.257 e. The van der Waals surface area contributed by atoms with Crippen molar-refractivity contribution in [2.45, 2.75) is 57.7 Å². The lowest BCUT2D eigenvalue weighted by Gasteiger charge is -2.53. The summed E-state index contributed by atoms with van der Waals surface area (Å²) < 4.78 is 14.2. The number of hydrogen-bond acceptors (Lipinski definition) is 4. The van der Waals surface area contributed by atoms with E-state index in [0.717, 1.165) is 24.2 Å². The number of amides is 1. The average molecular weight is 423 g/mol. The highest BCUT2D eigenvalue weighted by Crippen LogP contribution is 2.38. The van der Waals surface area contributed by atoms with Gasteiger partial charge in [0, 0.05) is 40.3 Å². The number of nitrogens with zero attached hydrogens (tertiary/aromatic N) is 1. The molecule has 2 aromatic carbocycles. The normalized spacial score (nSPS) is 21.6. The number of piperidine rings is 1. The Balaban J connectivity index is 1.44. The van der Waals surface area contributed by atoms with Crippen LogP contribution in [-0.4, -0.2) is 35.0 Å². The third-order valence-corrected chi connectivity index (χ3v) is 6.72. The van der Waals surface area contributed by atoms with Gasteiger partial charge in [-0.2, -0.15) is 0 Å². The Morgan fingerprint density at radius 3 is 2.29 bits per heavy atom. The van der Waals surface area contributed by atoms with Crippen molar-refractivity contribution < 1.29 is 9.18 Å². The van der Waals surface area contributed by atoms with Gasteiger partial charge in [-0.05, 0) is 84.0 Å². The van der Waals surface area contributed by atoms with E-state index in [2.05, 4.69) is 55.6 Å². The van der Waals surface area contributed by atoms with Crippen LogP contribution in [0.2, 0.25) is 0 Å². The first-order chi connectivity index (χ1) is 14.6. The van der Waals surface area contributed by atoms with Crippen LogP contribution in [0.3, 0.4) is 0 Å². The molecule has 2 aromatic rings. The number of halogens is 1. The summed E-state index contributed by atoms with van der Waals surface area (Å²) >= 11 is 0. The predicted octanol–water partition coefficient (Wildman–Crippen LogP) is 5.29. The number of hydrogen-bond donors (Lipinski definition) is 3. The largest absolute Gasteiger partial charge is 0.382 e. The Morgan fingerprint density at radius 2 is 1.65 bits per heavy atom. The number of rotatable bonds is 4. The van der Waals surface area contributed by atoms with Crippen LogP contribution in [0.25, 0.3) is 5.57 Å². The van der Waals surface area contributed by atoms with Gasteiger partial charge < -0.3 is 16.0 Å². The van der Waals surface area contributed by atoms with Crippen molar-refractivity contribution >= 4 is 28.5 Å². The molecule has 0 unspecified atom stereocenters. The number of fused-ring (bicyclic) bond motifs is 1. The summed E-state index contributed by atoms with van der Waals surface area (Å²) in [4.78, 5) is 14.7. The maximum atomic E-state index is 14.2. The fourth-order valence-corrected chi connectivity index (χ4v) is 4.87. The molecule has 4 rings (SSSR count). The summed E-state index contributed by atoms with van der Waals surface area (Å²) in [5, 5.41) is 9.50. The lowest BCUT2D eigenvalue weighted by molar-refractivity contribution is -0.110. The number of benzene rings is 2. The molecule has 3 N–H and O–H groups in total. The monoisotopic (exact) mass is 422 g/mol. The Morgan fingerprint density at radius 1 is 1.03 bits per heavy atom. The van der Waals surface area contributed by atoms with Gasteiger partial charge in [-0.1, -0.05) is 6.07 Å². The van der Waals surface area contributed by atoms with Gasteiger partial charge in [-0.3, -0.25) is 9.69 Å². The number of carbonyl (C=O) groups excluding carboxylic acids is 1. The van der Waals surface area contributed by atoms with Crippen molar-refractivity contribution in [1.82, 2.24) is 4.90 Å². The fraction of sp³-hybridized carbons (Fsp3) is 0.400. The number of nitrogens with one attached hydrogen (secondary N) is 3.